The van der Waals surface area contributed by atoms with E-state index in [1.807, 2.05) is 24.3 Å². The van der Waals surface area contributed by atoms with E-state index in [1.165, 1.54) is 16.4 Å². The van der Waals surface area contributed by atoms with Gasteiger partial charge in [0.25, 0.3) is 5.91 Å². The van der Waals surface area contributed by atoms with Crippen LogP contribution in [0.4, 0.5) is 0 Å². The fourth-order valence-corrected chi connectivity index (χ4v) is 2.62. The van der Waals surface area contributed by atoms with Gasteiger partial charge in [0.2, 0.25) is 0 Å². The van der Waals surface area contributed by atoms with E-state index in [0.717, 1.165) is 5.69 Å². The number of aromatic nitrogens is 2. The summed E-state index contributed by atoms with van der Waals surface area (Å²) < 4.78 is 1.53. The van der Waals surface area contributed by atoms with Crippen molar-refractivity contribution >= 4 is 18.3 Å². The number of aromatic hydroxyl groups is 1. The molecule has 1 atom stereocenters. The Morgan fingerprint density at radius 3 is 2.33 bits per heavy atom. The first-order chi connectivity index (χ1) is 12.2. The fourth-order valence-electron chi connectivity index (χ4n) is 2.62. The van der Waals surface area contributed by atoms with E-state index in [1.54, 1.807) is 11.9 Å². The third-order valence-electron chi connectivity index (χ3n) is 4.72. The van der Waals surface area contributed by atoms with Crippen molar-refractivity contribution in [2.24, 2.45) is 11.7 Å². The topological polar surface area (TPSA) is 84.4 Å². The van der Waals surface area contributed by atoms with E-state index >= 15 is 0 Å². The van der Waals surface area contributed by atoms with E-state index < -0.39 is 0 Å². The van der Waals surface area contributed by atoms with E-state index in [0.29, 0.717) is 24.8 Å². The Hall–Kier alpha value is -2.05. The quantitative estimate of drug-likeness (QED) is 0.751. The van der Waals surface area contributed by atoms with Gasteiger partial charge in [0.15, 0.2) is 11.4 Å². The van der Waals surface area contributed by atoms with E-state index in [2.05, 4.69) is 32.8 Å². The molecule has 150 valence electrons. The van der Waals surface area contributed by atoms with Crippen LogP contribution in [0.2, 0.25) is 0 Å². The minimum Gasteiger partial charge on any atom is -0.504 e. The Labute approximate surface area is 167 Å². The number of benzene rings is 1. The maximum Gasteiger partial charge on any atom is 0.277 e. The number of amides is 1. The monoisotopic (exact) mass is 394 g/mol. The molecule has 0 fully saturated rings. The third kappa shape index (κ3) is 5.71. The Bertz CT molecular complexity index is 741. The average molecular weight is 395 g/mol. The molecule has 0 spiro atoms. The van der Waals surface area contributed by atoms with Crippen LogP contribution in [-0.4, -0.2) is 45.3 Å². The predicted octanol–water partition coefficient (Wildman–Crippen LogP) is 3.57. The molecule has 0 saturated heterocycles. The molecule has 0 bridgehead atoms. The number of hydrogen-bond donors (Lipinski definition) is 2. The predicted molar refractivity (Wildman–Crippen MR) is 111 cm³/mol. The Morgan fingerprint density at radius 2 is 1.81 bits per heavy atom. The van der Waals surface area contributed by atoms with Crippen LogP contribution in [0, 0.1) is 5.92 Å². The first-order valence-corrected chi connectivity index (χ1v) is 9.10. The van der Waals surface area contributed by atoms with Gasteiger partial charge in [-0.25, -0.2) is 4.68 Å². The van der Waals surface area contributed by atoms with Crippen LogP contribution in [-0.2, 0) is 0 Å². The molecule has 0 aliphatic carbocycles. The van der Waals surface area contributed by atoms with Gasteiger partial charge in [-0.15, -0.1) is 12.4 Å². The lowest BCUT2D eigenvalue weighted by molar-refractivity contribution is 0.0780. The first kappa shape index (κ1) is 23.0. The zero-order valence-corrected chi connectivity index (χ0v) is 17.5. The summed E-state index contributed by atoms with van der Waals surface area (Å²) in [5, 5.41) is 14.4. The summed E-state index contributed by atoms with van der Waals surface area (Å²) >= 11 is 0. The van der Waals surface area contributed by atoms with Crippen LogP contribution in [0.5, 0.6) is 5.75 Å². The minimum atomic E-state index is -0.309. The summed E-state index contributed by atoms with van der Waals surface area (Å²) in [5.74, 6) is 0.372. The maximum atomic E-state index is 12.6. The second kappa shape index (κ2) is 9.76. The van der Waals surface area contributed by atoms with E-state index in [4.69, 9.17) is 5.73 Å². The Kier molecular flexibility index (Phi) is 8.31. The molecule has 0 aliphatic rings. The molecule has 2 aromatic rings. The Morgan fingerprint density at radius 1 is 1.22 bits per heavy atom. The van der Waals surface area contributed by atoms with Gasteiger partial charge in [-0.3, -0.25) is 4.79 Å². The highest BCUT2D eigenvalue weighted by Gasteiger charge is 2.21. The van der Waals surface area contributed by atoms with E-state index in [9.17, 15) is 9.90 Å². The van der Waals surface area contributed by atoms with Gasteiger partial charge in [-0.2, -0.15) is 5.10 Å². The molecule has 0 saturated carbocycles. The van der Waals surface area contributed by atoms with Crippen LogP contribution in [0.25, 0.3) is 5.69 Å². The largest absolute Gasteiger partial charge is 0.504 e. The highest BCUT2D eigenvalue weighted by molar-refractivity contribution is 5.94. The molecular formula is C20H31ClN4O2. The zero-order chi connectivity index (χ0) is 19.4. The van der Waals surface area contributed by atoms with Crippen molar-refractivity contribution < 1.29 is 9.90 Å². The van der Waals surface area contributed by atoms with Crippen LogP contribution < -0.4 is 5.73 Å². The van der Waals surface area contributed by atoms with Crippen LogP contribution >= 0.6 is 12.4 Å². The van der Waals surface area contributed by atoms with E-state index in [-0.39, 0.29) is 35.8 Å². The molecule has 1 amide bonds. The molecule has 6 nitrogen and oxygen atoms in total. The van der Waals surface area contributed by atoms with Crippen molar-refractivity contribution in [1.82, 2.24) is 14.7 Å². The zero-order valence-electron chi connectivity index (χ0n) is 16.7. The highest BCUT2D eigenvalue weighted by atomic mass is 35.5. The lowest BCUT2D eigenvalue weighted by Crippen LogP contribution is -2.34. The van der Waals surface area contributed by atoms with Crippen LogP contribution in [0.1, 0.15) is 56.1 Å². The molecule has 7 heteroatoms. The van der Waals surface area contributed by atoms with Gasteiger partial charge in [0.1, 0.15) is 0 Å². The Balaban J connectivity index is 0.00000364. The third-order valence-corrected chi connectivity index (χ3v) is 4.72. The average Bonchev–Trinajstić information content (AvgIpc) is 3.00. The normalized spacial score (nSPS) is 12.1. The lowest BCUT2D eigenvalue weighted by Gasteiger charge is -2.20. The van der Waals surface area contributed by atoms with Crippen molar-refractivity contribution in [3.8, 4) is 11.4 Å². The first-order valence-electron chi connectivity index (χ1n) is 9.10. The smallest absolute Gasteiger partial charge is 0.277 e. The van der Waals surface area contributed by atoms with Gasteiger partial charge in [0.05, 0.1) is 11.9 Å². The lowest BCUT2D eigenvalue weighted by atomic mass is 10.0. The SMILES string of the molecule is CC(C)c1ccc(-n2cc(O)c(C(=O)N(C)CCC(N)C(C)C)n2)cc1.Cl. The molecular weight excluding hydrogens is 364 g/mol. The summed E-state index contributed by atoms with van der Waals surface area (Å²) in [6.45, 7) is 8.90. The number of carbonyl (C=O) groups is 1. The molecule has 3 N–H and O–H groups in total. The summed E-state index contributed by atoms with van der Waals surface area (Å²) in [6, 6.07) is 7.96. The summed E-state index contributed by atoms with van der Waals surface area (Å²) in [7, 11) is 1.70. The second-order valence-corrected chi connectivity index (χ2v) is 7.48. The van der Waals surface area contributed by atoms with Crippen molar-refractivity contribution in [1.29, 1.82) is 0 Å². The molecule has 27 heavy (non-hydrogen) atoms. The summed E-state index contributed by atoms with van der Waals surface area (Å²) in [6.07, 6.45) is 2.17. The second-order valence-electron chi connectivity index (χ2n) is 7.48. The number of rotatable bonds is 7. The molecule has 1 unspecified atom stereocenters. The number of nitrogens with zero attached hydrogens (tertiary/aromatic N) is 3. The molecule has 0 radical (unpaired) electrons. The molecule has 2 rings (SSSR count). The minimum absolute atomic E-state index is 0. The number of nitrogens with two attached hydrogens (primary N) is 1. The van der Waals surface area contributed by atoms with Crippen molar-refractivity contribution in [2.45, 2.75) is 46.1 Å². The maximum absolute atomic E-state index is 12.6. The molecule has 1 aromatic carbocycles. The highest BCUT2D eigenvalue weighted by Crippen LogP contribution is 2.21. The number of halogens is 1. The molecule has 1 aromatic heterocycles. The van der Waals surface area contributed by atoms with Gasteiger partial charge in [-0.1, -0.05) is 39.8 Å². The van der Waals surface area contributed by atoms with Crippen molar-refractivity contribution in [3.63, 3.8) is 0 Å². The summed E-state index contributed by atoms with van der Waals surface area (Å²) in [5.41, 5.74) is 8.12. The van der Waals surface area contributed by atoms with Gasteiger partial charge >= 0.3 is 0 Å². The van der Waals surface area contributed by atoms with Gasteiger partial charge in [-0.05, 0) is 36.0 Å². The van der Waals surface area contributed by atoms with Crippen LogP contribution in [0.15, 0.2) is 30.5 Å². The van der Waals surface area contributed by atoms with Crippen molar-refractivity contribution in [3.05, 3.63) is 41.7 Å². The van der Waals surface area contributed by atoms with Gasteiger partial charge < -0.3 is 15.7 Å². The fraction of sp³-hybridized carbons (Fsp3) is 0.500. The summed E-state index contributed by atoms with van der Waals surface area (Å²) in [4.78, 5) is 14.1. The number of carbonyl (C=O) groups excluding carboxylic acids is 1. The molecule has 1 heterocycles. The number of hydrogen-bond acceptors (Lipinski definition) is 4. The molecule has 0 aliphatic heterocycles. The van der Waals surface area contributed by atoms with Gasteiger partial charge in [0, 0.05) is 19.6 Å². The van der Waals surface area contributed by atoms with Crippen molar-refractivity contribution in [2.75, 3.05) is 13.6 Å². The van der Waals surface area contributed by atoms with Crippen LogP contribution in [0.3, 0.4) is 0 Å². The standard InChI is InChI=1S/C20H30N4O2.ClH/c1-13(2)15-6-8-16(9-7-15)24-12-18(25)19(22-24)20(26)23(5)11-10-17(21)14(3)4;/h6-9,12-14,17,25H,10-11,21H2,1-5H3;1H.